The monoisotopic (exact) mass is 563 g/mol. The van der Waals surface area contributed by atoms with Crippen LogP contribution in [0.5, 0.6) is 0 Å². The smallest absolute Gasteiger partial charge is 0.249 e. The third-order valence-electron chi connectivity index (χ3n) is 9.41. The molecule has 2 fully saturated rings. The van der Waals surface area contributed by atoms with Crippen LogP contribution < -0.4 is 0 Å². The summed E-state index contributed by atoms with van der Waals surface area (Å²) in [7, 11) is 0. The third-order valence-corrected chi connectivity index (χ3v) is 9.41. The van der Waals surface area contributed by atoms with E-state index in [2.05, 4.69) is 6.92 Å². The van der Waals surface area contributed by atoms with Gasteiger partial charge in [-0.15, -0.1) is 0 Å². The topological polar surface area (TPSA) is 90.4 Å². The molecule has 8 nitrogen and oxygen atoms in total. The van der Waals surface area contributed by atoms with Crippen LogP contribution in [0.2, 0.25) is 0 Å². The predicted molar refractivity (Wildman–Crippen MR) is 156 cm³/mol. The minimum Gasteiger partial charge on any atom is -0.396 e. The van der Waals surface area contributed by atoms with E-state index in [0.717, 1.165) is 31.2 Å². The van der Waals surface area contributed by atoms with Gasteiger partial charge in [0.25, 0.3) is 0 Å². The lowest BCUT2D eigenvalue weighted by atomic mass is 9.73. The number of hydrogen-bond acceptors (Lipinski definition) is 5. The van der Waals surface area contributed by atoms with Crippen molar-refractivity contribution in [3.05, 3.63) is 60.2 Å². The predicted octanol–water partition coefficient (Wildman–Crippen LogP) is 3.70. The van der Waals surface area contributed by atoms with Crippen molar-refractivity contribution in [2.45, 2.75) is 82.6 Å². The van der Waals surface area contributed by atoms with Gasteiger partial charge in [-0.05, 0) is 37.7 Å². The van der Waals surface area contributed by atoms with Crippen molar-refractivity contribution in [2.24, 2.45) is 11.8 Å². The number of fused-ring (bicyclic) bond motifs is 2. The standard InChI is InChI=1S/C33H45N3O5/c1-3-5-10-19-34-20-14-18-33-27(30(39)36(28(33)31(34)40)22-11-7-12-23-37)26-29(38)35(24-25-15-8-6-9-16-25)21-13-17-32(26,4-2)41-33/h6,8-9,13-18,26-28,37H,3-5,7,10-12,19-24H2,1-2H3/t26-,27-,28?,32+,33-/m0/s1. The van der Waals surface area contributed by atoms with E-state index in [-0.39, 0.29) is 24.3 Å². The molecule has 222 valence electrons. The Bertz CT molecular complexity index is 1170. The summed E-state index contributed by atoms with van der Waals surface area (Å²) in [6, 6.07) is 9.08. The first-order valence-electron chi connectivity index (χ1n) is 15.5. The van der Waals surface area contributed by atoms with E-state index in [1.165, 1.54) is 0 Å². The Hall–Kier alpha value is -2.97. The van der Waals surface area contributed by atoms with Crippen molar-refractivity contribution in [1.82, 2.24) is 14.7 Å². The van der Waals surface area contributed by atoms with Gasteiger partial charge in [0.1, 0.15) is 11.6 Å². The fourth-order valence-electron chi connectivity index (χ4n) is 7.37. The second-order valence-electron chi connectivity index (χ2n) is 11.9. The van der Waals surface area contributed by atoms with Crippen LogP contribution in [0.4, 0.5) is 0 Å². The maximum atomic E-state index is 14.5. The zero-order valence-electron chi connectivity index (χ0n) is 24.5. The number of hydrogen-bond donors (Lipinski definition) is 1. The first kappa shape index (κ1) is 29.5. The normalized spacial score (nSPS) is 30.9. The van der Waals surface area contributed by atoms with Crippen molar-refractivity contribution in [3.63, 3.8) is 0 Å². The lowest BCUT2D eigenvalue weighted by Crippen LogP contribution is -2.56. The van der Waals surface area contributed by atoms with Crippen LogP contribution in [-0.2, 0) is 25.7 Å². The quantitative estimate of drug-likeness (QED) is 0.310. The van der Waals surface area contributed by atoms with Crippen LogP contribution in [0.25, 0.3) is 0 Å². The summed E-state index contributed by atoms with van der Waals surface area (Å²) in [6.45, 7) is 6.63. The molecular formula is C33H45N3O5. The zero-order valence-corrected chi connectivity index (χ0v) is 24.5. The number of carbonyl (C=O) groups excluding carboxylic acids is 3. The van der Waals surface area contributed by atoms with Gasteiger partial charge >= 0.3 is 0 Å². The summed E-state index contributed by atoms with van der Waals surface area (Å²) in [5, 5.41) is 9.30. The highest BCUT2D eigenvalue weighted by Crippen LogP contribution is 2.58. The zero-order chi connectivity index (χ0) is 29.0. The van der Waals surface area contributed by atoms with Gasteiger partial charge in [-0.25, -0.2) is 0 Å². The minimum absolute atomic E-state index is 0.0932. The Kier molecular flexibility index (Phi) is 9.00. The van der Waals surface area contributed by atoms with E-state index in [9.17, 15) is 19.5 Å². The van der Waals surface area contributed by atoms with E-state index in [1.807, 2.05) is 71.4 Å². The molecule has 4 heterocycles. The van der Waals surface area contributed by atoms with E-state index in [4.69, 9.17) is 4.74 Å². The maximum Gasteiger partial charge on any atom is 0.249 e. The lowest BCUT2D eigenvalue weighted by Gasteiger charge is -2.38. The number of aliphatic hydroxyl groups excluding tert-OH is 1. The molecule has 8 heteroatoms. The number of rotatable bonds is 12. The van der Waals surface area contributed by atoms with E-state index >= 15 is 0 Å². The number of amides is 3. The molecule has 5 rings (SSSR count). The molecule has 1 aromatic carbocycles. The SMILES string of the molecule is CCCCCN1CC=C[C@]23O[C@]4(CC)C=CCN(Cc5ccccc5)C(=O)[C@@H]4[C@H]2C(=O)N(CCCCCO)C3C1=O. The molecule has 4 aliphatic rings. The molecule has 3 amide bonds. The van der Waals surface area contributed by atoms with Crippen LogP contribution in [-0.4, -0.2) is 87.6 Å². The van der Waals surface area contributed by atoms with Gasteiger partial charge in [-0.3, -0.25) is 14.4 Å². The first-order chi connectivity index (χ1) is 19.9. The van der Waals surface area contributed by atoms with Crippen LogP contribution in [0, 0.1) is 11.8 Å². The molecule has 0 saturated carbocycles. The van der Waals surface area contributed by atoms with Gasteiger partial charge in [0, 0.05) is 39.3 Å². The molecule has 0 aromatic heterocycles. The Morgan fingerprint density at radius 1 is 0.829 bits per heavy atom. The molecule has 1 aromatic rings. The average molecular weight is 564 g/mol. The molecule has 1 spiro atoms. The molecule has 1 N–H and O–H groups in total. The minimum atomic E-state index is -1.21. The summed E-state index contributed by atoms with van der Waals surface area (Å²) in [6.07, 6.45) is 13.5. The molecule has 4 aliphatic heterocycles. The Morgan fingerprint density at radius 2 is 1.56 bits per heavy atom. The highest BCUT2D eigenvalue weighted by Gasteiger charge is 2.75. The number of unbranched alkanes of at least 4 members (excludes halogenated alkanes) is 4. The first-order valence-corrected chi connectivity index (χ1v) is 15.5. The second kappa shape index (κ2) is 12.5. The molecule has 2 saturated heterocycles. The van der Waals surface area contributed by atoms with Gasteiger partial charge in [0.05, 0.1) is 17.4 Å². The summed E-state index contributed by atoms with van der Waals surface area (Å²) >= 11 is 0. The van der Waals surface area contributed by atoms with Crippen molar-refractivity contribution >= 4 is 17.7 Å². The molecule has 0 bridgehead atoms. The van der Waals surface area contributed by atoms with E-state index in [0.29, 0.717) is 52.0 Å². The van der Waals surface area contributed by atoms with Crippen molar-refractivity contribution < 1.29 is 24.2 Å². The number of nitrogens with zero attached hydrogens (tertiary/aromatic N) is 3. The highest BCUT2D eigenvalue weighted by molar-refractivity contribution is 6.00. The largest absolute Gasteiger partial charge is 0.396 e. The van der Waals surface area contributed by atoms with E-state index < -0.39 is 29.1 Å². The van der Waals surface area contributed by atoms with E-state index in [1.54, 1.807) is 4.90 Å². The van der Waals surface area contributed by atoms with Gasteiger partial charge in [0.2, 0.25) is 17.7 Å². The Morgan fingerprint density at radius 3 is 2.29 bits per heavy atom. The molecular weight excluding hydrogens is 518 g/mol. The van der Waals surface area contributed by atoms with Gasteiger partial charge in [-0.2, -0.15) is 0 Å². The number of aliphatic hydroxyl groups is 1. The van der Waals surface area contributed by atoms with Crippen LogP contribution in [0.1, 0.15) is 64.4 Å². The van der Waals surface area contributed by atoms with Crippen molar-refractivity contribution in [1.29, 1.82) is 0 Å². The van der Waals surface area contributed by atoms with Crippen LogP contribution in [0.3, 0.4) is 0 Å². The molecule has 0 aliphatic carbocycles. The fraction of sp³-hybridized carbons (Fsp3) is 0.606. The van der Waals surface area contributed by atoms with Gasteiger partial charge < -0.3 is 24.5 Å². The van der Waals surface area contributed by atoms with Crippen LogP contribution in [0.15, 0.2) is 54.6 Å². The second-order valence-corrected chi connectivity index (χ2v) is 11.9. The molecule has 0 radical (unpaired) electrons. The number of benzene rings is 1. The van der Waals surface area contributed by atoms with Crippen molar-refractivity contribution in [3.8, 4) is 0 Å². The number of ether oxygens (including phenoxy) is 1. The van der Waals surface area contributed by atoms with Crippen molar-refractivity contribution in [2.75, 3.05) is 32.8 Å². The number of carbonyl (C=O) groups is 3. The van der Waals surface area contributed by atoms with Gasteiger partial charge in [0.15, 0.2) is 0 Å². The Balaban J connectivity index is 1.54. The summed E-state index contributed by atoms with van der Waals surface area (Å²) in [5.41, 5.74) is -1.15. The summed E-state index contributed by atoms with van der Waals surface area (Å²) in [5.74, 6) is -1.87. The molecule has 5 atom stereocenters. The maximum absolute atomic E-state index is 14.5. The molecule has 1 unspecified atom stereocenters. The lowest BCUT2D eigenvalue weighted by molar-refractivity contribution is -0.154. The van der Waals surface area contributed by atoms with Crippen LogP contribution >= 0.6 is 0 Å². The fourth-order valence-corrected chi connectivity index (χ4v) is 7.37. The molecule has 41 heavy (non-hydrogen) atoms. The number of likely N-dealkylation sites (tertiary alicyclic amines) is 1. The third kappa shape index (κ3) is 5.25. The Labute approximate surface area is 244 Å². The average Bonchev–Trinajstić information content (AvgIpc) is 3.27. The highest BCUT2D eigenvalue weighted by atomic mass is 16.5. The summed E-state index contributed by atoms with van der Waals surface area (Å²) in [4.78, 5) is 48.6. The summed E-state index contributed by atoms with van der Waals surface area (Å²) < 4.78 is 7.05. The van der Waals surface area contributed by atoms with Gasteiger partial charge in [-0.1, -0.05) is 81.3 Å².